The Kier molecular flexibility index (Phi) is 6.34. The van der Waals surface area contributed by atoms with Crippen LogP contribution in [0.1, 0.15) is 19.3 Å². The summed E-state index contributed by atoms with van der Waals surface area (Å²) in [7, 11) is 0. The fourth-order valence-electron chi connectivity index (χ4n) is 4.06. The summed E-state index contributed by atoms with van der Waals surface area (Å²) >= 11 is 0. The van der Waals surface area contributed by atoms with Gasteiger partial charge < -0.3 is 15.5 Å². The molecule has 0 aromatic heterocycles. The summed E-state index contributed by atoms with van der Waals surface area (Å²) in [6.45, 7) is 3.29. The zero-order valence-corrected chi connectivity index (χ0v) is 16.1. The molecule has 0 spiro atoms. The number of rotatable bonds is 5. The Morgan fingerprint density at radius 2 is 2.00 bits per heavy atom. The van der Waals surface area contributed by atoms with Crippen LogP contribution in [-0.4, -0.2) is 38.0 Å². The molecule has 144 valence electrons. The van der Waals surface area contributed by atoms with Gasteiger partial charge in [0.05, 0.1) is 11.6 Å². The molecule has 0 aliphatic carbocycles. The summed E-state index contributed by atoms with van der Waals surface area (Å²) in [5.41, 5.74) is 0.903. The molecule has 2 unspecified atom stereocenters. The quantitative estimate of drug-likeness (QED) is 0.829. The Hall–Kier alpha value is -2.11. The highest BCUT2D eigenvalue weighted by molar-refractivity contribution is 6.06. The molecular weight excluding hydrogens is 362 g/mol. The maximum absolute atomic E-state index is 12.6. The van der Waals surface area contributed by atoms with Gasteiger partial charge in [-0.15, -0.1) is 12.4 Å². The second kappa shape index (κ2) is 8.72. The van der Waals surface area contributed by atoms with Gasteiger partial charge in [0.2, 0.25) is 11.8 Å². The lowest BCUT2D eigenvalue weighted by Crippen LogP contribution is -2.34. The van der Waals surface area contributed by atoms with Crippen molar-refractivity contribution in [2.24, 2.45) is 11.8 Å². The molecule has 27 heavy (non-hydrogen) atoms. The highest BCUT2D eigenvalue weighted by Crippen LogP contribution is 2.31. The van der Waals surface area contributed by atoms with E-state index in [-0.39, 0.29) is 30.1 Å². The minimum atomic E-state index is -0.261. The van der Waals surface area contributed by atoms with Gasteiger partial charge >= 0.3 is 0 Å². The number of hydrogen-bond acceptors (Lipinski definition) is 3. The Morgan fingerprint density at radius 3 is 2.81 bits per heavy atom. The van der Waals surface area contributed by atoms with E-state index in [4.69, 9.17) is 0 Å². The van der Waals surface area contributed by atoms with Gasteiger partial charge in [-0.05, 0) is 43.3 Å². The number of hydrogen-bond donors (Lipinski definition) is 2. The third-order valence-electron chi connectivity index (χ3n) is 5.57. The van der Waals surface area contributed by atoms with Crippen molar-refractivity contribution in [2.45, 2.75) is 19.3 Å². The number of nitrogens with zero attached hydrogens (tertiary/aromatic N) is 1. The molecular formula is C21H26ClN3O2. The number of fused-ring (bicyclic) bond motifs is 1. The minimum Gasteiger partial charge on any atom is -0.356 e. The van der Waals surface area contributed by atoms with Gasteiger partial charge in [-0.2, -0.15) is 0 Å². The Morgan fingerprint density at radius 1 is 1.19 bits per heavy atom. The number of anilines is 1. The highest BCUT2D eigenvalue weighted by Gasteiger charge is 2.35. The van der Waals surface area contributed by atoms with E-state index in [0.717, 1.165) is 36.0 Å². The molecule has 2 atom stereocenters. The van der Waals surface area contributed by atoms with Crippen molar-refractivity contribution >= 4 is 40.7 Å². The lowest BCUT2D eigenvalue weighted by molar-refractivity contribution is -0.126. The van der Waals surface area contributed by atoms with Crippen molar-refractivity contribution in [3.63, 3.8) is 0 Å². The van der Waals surface area contributed by atoms with Gasteiger partial charge in [0.1, 0.15) is 0 Å². The second-order valence-electron chi connectivity index (χ2n) is 7.34. The monoisotopic (exact) mass is 387 g/mol. The van der Waals surface area contributed by atoms with Crippen LogP contribution in [0.5, 0.6) is 0 Å². The number of halogens is 1. The van der Waals surface area contributed by atoms with E-state index < -0.39 is 0 Å². The molecule has 0 saturated carbocycles. The Bertz CT molecular complexity index is 815. The van der Waals surface area contributed by atoms with Gasteiger partial charge in [0.25, 0.3) is 0 Å². The molecule has 2 aliphatic rings. The molecule has 2 N–H and O–H groups in total. The Labute approximate surface area is 165 Å². The molecule has 2 aromatic carbocycles. The smallest absolute Gasteiger partial charge is 0.227 e. The molecule has 2 aliphatic heterocycles. The average Bonchev–Trinajstić information content (AvgIpc) is 3.31. The SMILES string of the molecule is Cl.O=C(NCCC1CCNC1)C1CC(=O)N(c2cccc3ccccc23)C1. The van der Waals surface area contributed by atoms with E-state index in [0.29, 0.717) is 25.4 Å². The summed E-state index contributed by atoms with van der Waals surface area (Å²) in [4.78, 5) is 26.8. The summed E-state index contributed by atoms with van der Waals surface area (Å²) in [6.07, 6.45) is 2.49. The van der Waals surface area contributed by atoms with Gasteiger partial charge in [-0.1, -0.05) is 36.4 Å². The largest absolute Gasteiger partial charge is 0.356 e. The van der Waals surface area contributed by atoms with Crippen molar-refractivity contribution in [2.75, 3.05) is 31.1 Å². The van der Waals surface area contributed by atoms with Crippen molar-refractivity contribution in [1.82, 2.24) is 10.6 Å². The van der Waals surface area contributed by atoms with Crippen molar-refractivity contribution in [1.29, 1.82) is 0 Å². The van der Waals surface area contributed by atoms with Crippen LogP contribution in [0.4, 0.5) is 5.69 Å². The van der Waals surface area contributed by atoms with Gasteiger partial charge in [0, 0.05) is 24.9 Å². The molecule has 2 heterocycles. The highest BCUT2D eigenvalue weighted by atomic mass is 35.5. The first-order chi connectivity index (χ1) is 12.7. The standard InChI is InChI=1S/C21H25N3O2.ClH/c25-20-12-17(21(26)23-11-9-15-8-10-22-13-15)14-24(20)19-7-3-5-16-4-1-2-6-18(16)19;/h1-7,15,17,22H,8-14H2,(H,23,26);1H. The van der Waals surface area contributed by atoms with E-state index in [2.05, 4.69) is 10.6 Å². The van der Waals surface area contributed by atoms with Crippen LogP contribution in [0.25, 0.3) is 10.8 Å². The van der Waals surface area contributed by atoms with Crippen molar-refractivity contribution < 1.29 is 9.59 Å². The molecule has 2 saturated heterocycles. The van der Waals surface area contributed by atoms with Crippen LogP contribution in [0.2, 0.25) is 0 Å². The molecule has 4 rings (SSSR count). The van der Waals surface area contributed by atoms with Crippen LogP contribution in [0, 0.1) is 11.8 Å². The third kappa shape index (κ3) is 4.25. The van der Waals surface area contributed by atoms with Crippen molar-refractivity contribution in [3.8, 4) is 0 Å². The molecule has 0 radical (unpaired) electrons. The number of carbonyl (C=O) groups is 2. The Balaban J connectivity index is 0.00000210. The van der Waals surface area contributed by atoms with Crippen LogP contribution in [0.3, 0.4) is 0 Å². The first kappa shape index (κ1) is 19.6. The fraction of sp³-hybridized carbons (Fsp3) is 0.429. The number of carbonyl (C=O) groups excluding carboxylic acids is 2. The summed E-state index contributed by atoms with van der Waals surface area (Å²) in [6, 6.07) is 14.0. The van der Waals surface area contributed by atoms with Gasteiger partial charge in [0.15, 0.2) is 0 Å². The average molecular weight is 388 g/mol. The first-order valence-electron chi connectivity index (χ1n) is 9.49. The van der Waals surface area contributed by atoms with E-state index in [9.17, 15) is 9.59 Å². The van der Waals surface area contributed by atoms with Gasteiger partial charge in [-0.25, -0.2) is 0 Å². The van der Waals surface area contributed by atoms with Crippen LogP contribution in [-0.2, 0) is 9.59 Å². The van der Waals surface area contributed by atoms with Crippen LogP contribution >= 0.6 is 12.4 Å². The van der Waals surface area contributed by atoms with Crippen molar-refractivity contribution in [3.05, 3.63) is 42.5 Å². The van der Waals surface area contributed by atoms with E-state index in [1.165, 1.54) is 6.42 Å². The van der Waals surface area contributed by atoms with E-state index >= 15 is 0 Å². The molecule has 2 amide bonds. The topological polar surface area (TPSA) is 61.4 Å². The number of nitrogens with one attached hydrogen (secondary N) is 2. The zero-order chi connectivity index (χ0) is 17.9. The maximum atomic E-state index is 12.6. The minimum absolute atomic E-state index is 0. The van der Waals surface area contributed by atoms with E-state index in [1.807, 2.05) is 42.5 Å². The molecule has 6 heteroatoms. The third-order valence-corrected chi connectivity index (χ3v) is 5.57. The lowest BCUT2D eigenvalue weighted by atomic mass is 10.0. The molecule has 0 bridgehead atoms. The van der Waals surface area contributed by atoms with E-state index in [1.54, 1.807) is 4.90 Å². The van der Waals surface area contributed by atoms with Crippen LogP contribution < -0.4 is 15.5 Å². The summed E-state index contributed by atoms with van der Waals surface area (Å²) < 4.78 is 0. The second-order valence-corrected chi connectivity index (χ2v) is 7.34. The van der Waals surface area contributed by atoms with Gasteiger partial charge in [-0.3, -0.25) is 9.59 Å². The normalized spacial score (nSPS) is 22.1. The number of benzene rings is 2. The predicted octanol–water partition coefficient (Wildman–Crippen LogP) is 2.73. The summed E-state index contributed by atoms with van der Waals surface area (Å²) in [5, 5.41) is 8.54. The molecule has 2 fully saturated rings. The maximum Gasteiger partial charge on any atom is 0.227 e. The number of amides is 2. The predicted molar refractivity (Wildman–Crippen MR) is 110 cm³/mol. The molecule has 5 nitrogen and oxygen atoms in total. The summed E-state index contributed by atoms with van der Waals surface area (Å²) in [5.74, 6) is 0.435. The molecule has 2 aromatic rings. The fourth-order valence-corrected chi connectivity index (χ4v) is 4.06. The zero-order valence-electron chi connectivity index (χ0n) is 15.3. The van der Waals surface area contributed by atoms with Crippen LogP contribution in [0.15, 0.2) is 42.5 Å². The first-order valence-corrected chi connectivity index (χ1v) is 9.49. The lowest BCUT2D eigenvalue weighted by Gasteiger charge is -2.19.